The summed E-state index contributed by atoms with van der Waals surface area (Å²) in [5.74, 6) is 0. The predicted molar refractivity (Wildman–Crippen MR) is 71.8 cm³/mol. The van der Waals surface area contributed by atoms with Crippen LogP contribution < -0.4 is 10.2 Å². The third-order valence-corrected chi connectivity index (χ3v) is 3.31. The van der Waals surface area contributed by atoms with Gasteiger partial charge in [0.05, 0.1) is 12.3 Å². The summed E-state index contributed by atoms with van der Waals surface area (Å²) in [5.41, 5.74) is 2.14. The molecule has 1 unspecified atom stereocenters. The van der Waals surface area contributed by atoms with E-state index in [1.807, 2.05) is 32.2 Å². The van der Waals surface area contributed by atoms with Crippen LogP contribution in [0.2, 0.25) is 0 Å². The summed E-state index contributed by atoms with van der Waals surface area (Å²) in [6.07, 6.45) is 1.75. The fourth-order valence-electron chi connectivity index (χ4n) is 2.45. The Morgan fingerprint density at radius 3 is 3.00 bits per heavy atom. The molecule has 1 N–H and O–H groups in total. The van der Waals surface area contributed by atoms with Crippen LogP contribution in [0.1, 0.15) is 31.4 Å². The fraction of sp³-hybridized carbons (Fsp3) is 0.500. The molecule has 0 spiro atoms. The lowest BCUT2D eigenvalue weighted by Crippen LogP contribution is -2.32. The van der Waals surface area contributed by atoms with Gasteiger partial charge in [0.15, 0.2) is 0 Å². The summed E-state index contributed by atoms with van der Waals surface area (Å²) >= 11 is 0. The van der Waals surface area contributed by atoms with Gasteiger partial charge in [0, 0.05) is 12.6 Å². The molecule has 1 aliphatic heterocycles. The number of ether oxygens (including phenoxy) is 1. The molecule has 0 saturated carbocycles. The molecule has 1 aliphatic rings. The first-order chi connectivity index (χ1) is 8.77. The highest BCUT2D eigenvalue weighted by Gasteiger charge is 2.25. The number of benzene rings is 1. The second-order valence-electron chi connectivity index (χ2n) is 4.39. The lowest BCUT2D eigenvalue weighted by Gasteiger charge is -2.23. The van der Waals surface area contributed by atoms with E-state index in [0.717, 1.165) is 18.5 Å². The van der Waals surface area contributed by atoms with Crippen molar-refractivity contribution in [2.45, 2.75) is 25.8 Å². The first-order valence-corrected chi connectivity index (χ1v) is 6.48. The third-order valence-electron chi connectivity index (χ3n) is 3.31. The molecular formula is C14H20N2O2. The van der Waals surface area contributed by atoms with Gasteiger partial charge in [-0.1, -0.05) is 18.2 Å². The van der Waals surface area contributed by atoms with E-state index >= 15 is 0 Å². The molecule has 1 aromatic rings. The van der Waals surface area contributed by atoms with Gasteiger partial charge < -0.3 is 10.1 Å². The van der Waals surface area contributed by atoms with E-state index in [0.29, 0.717) is 19.2 Å². The zero-order valence-corrected chi connectivity index (χ0v) is 11.0. The Morgan fingerprint density at radius 2 is 2.28 bits per heavy atom. The number of para-hydroxylation sites is 1. The first-order valence-electron chi connectivity index (χ1n) is 6.48. The minimum Gasteiger partial charge on any atom is -0.449 e. The normalized spacial score (nSPS) is 19.0. The molecule has 0 radical (unpaired) electrons. The molecule has 1 amide bonds. The molecule has 98 valence electrons. The topological polar surface area (TPSA) is 41.6 Å². The van der Waals surface area contributed by atoms with Crippen LogP contribution in [0, 0.1) is 0 Å². The summed E-state index contributed by atoms with van der Waals surface area (Å²) in [7, 11) is 1.96. The van der Waals surface area contributed by atoms with Gasteiger partial charge in [-0.15, -0.1) is 0 Å². The van der Waals surface area contributed by atoms with Gasteiger partial charge in [0.1, 0.15) is 0 Å². The van der Waals surface area contributed by atoms with Crippen molar-refractivity contribution >= 4 is 11.8 Å². The van der Waals surface area contributed by atoms with Gasteiger partial charge >= 0.3 is 6.09 Å². The van der Waals surface area contributed by atoms with Crippen molar-refractivity contribution in [3.05, 3.63) is 29.8 Å². The average Bonchev–Trinajstić information content (AvgIpc) is 2.58. The van der Waals surface area contributed by atoms with E-state index in [9.17, 15) is 4.79 Å². The van der Waals surface area contributed by atoms with Crippen molar-refractivity contribution in [1.29, 1.82) is 0 Å². The zero-order valence-electron chi connectivity index (χ0n) is 11.0. The molecule has 0 bridgehead atoms. The SMILES string of the molecule is CCOC(=O)N1CCCC(NC)c2ccccc21. The largest absolute Gasteiger partial charge is 0.449 e. The second kappa shape index (κ2) is 5.87. The molecule has 4 heteroatoms. The van der Waals surface area contributed by atoms with Gasteiger partial charge in [-0.3, -0.25) is 4.90 Å². The number of anilines is 1. The average molecular weight is 248 g/mol. The Morgan fingerprint density at radius 1 is 1.50 bits per heavy atom. The Labute approximate surface area is 108 Å². The maximum atomic E-state index is 12.0. The number of nitrogens with zero attached hydrogens (tertiary/aromatic N) is 1. The number of hydrogen-bond donors (Lipinski definition) is 1. The molecule has 0 fully saturated rings. The number of hydrogen-bond acceptors (Lipinski definition) is 3. The Balaban J connectivity index is 2.35. The molecule has 18 heavy (non-hydrogen) atoms. The van der Waals surface area contributed by atoms with E-state index in [1.165, 1.54) is 5.56 Å². The fourth-order valence-corrected chi connectivity index (χ4v) is 2.45. The van der Waals surface area contributed by atoms with Crippen molar-refractivity contribution in [2.75, 3.05) is 25.1 Å². The van der Waals surface area contributed by atoms with Gasteiger partial charge in [0.25, 0.3) is 0 Å². The molecule has 1 aromatic carbocycles. The van der Waals surface area contributed by atoms with E-state index in [1.54, 1.807) is 4.90 Å². The first kappa shape index (κ1) is 12.9. The van der Waals surface area contributed by atoms with Crippen LogP contribution >= 0.6 is 0 Å². The van der Waals surface area contributed by atoms with Crippen molar-refractivity contribution in [2.24, 2.45) is 0 Å². The van der Waals surface area contributed by atoms with E-state index in [-0.39, 0.29) is 6.09 Å². The van der Waals surface area contributed by atoms with Crippen LogP contribution in [0.5, 0.6) is 0 Å². The van der Waals surface area contributed by atoms with Crippen LogP contribution in [0.15, 0.2) is 24.3 Å². The second-order valence-corrected chi connectivity index (χ2v) is 4.39. The lowest BCUT2D eigenvalue weighted by molar-refractivity contribution is 0.159. The summed E-state index contributed by atoms with van der Waals surface area (Å²) in [5, 5.41) is 3.31. The Bertz CT molecular complexity index is 420. The third kappa shape index (κ3) is 2.48. The minimum absolute atomic E-state index is 0.248. The van der Waals surface area contributed by atoms with Gasteiger partial charge in [0.2, 0.25) is 0 Å². The molecule has 0 saturated heterocycles. The Hall–Kier alpha value is -1.55. The van der Waals surface area contributed by atoms with Crippen molar-refractivity contribution in [3.8, 4) is 0 Å². The van der Waals surface area contributed by atoms with Crippen LogP contribution in [-0.2, 0) is 4.74 Å². The smallest absolute Gasteiger partial charge is 0.414 e. The summed E-state index contributed by atoms with van der Waals surface area (Å²) in [6.45, 7) is 2.96. The summed E-state index contributed by atoms with van der Waals surface area (Å²) in [6, 6.07) is 8.34. The van der Waals surface area contributed by atoms with Gasteiger partial charge in [-0.25, -0.2) is 4.79 Å². The van der Waals surface area contributed by atoms with Crippen molar-refractivity contribution in [3.63, 3.8) is 0 Å². The Kier molecular flexibility index (Phi) is 4.20. The highest BCUT2D eigenvalue weighted by atomic mass is 16.6. The lowest BCUT2D eigenvalue weighted by atomic mass is 10.0. The predicted octanol–water partition coefficient (Wildman–Crippen LogP) is 2.70. The van der Waals surface area contributed by atoms with E-state index in [2.05, 4.69) is 11.4 Å². The van der Waals surface area contributed by atoms with Crippen LogP contribution in [0.3, 0.4) is 0 Å². The number of rotatable bonds is 2. The van der Waals surface area contributed by atoms with Gasteiger partial charge in [-0.2, -0.15) is 0 Å². The maximum Gasteiger partial charge on any atom is 0.414 e. The number of carbonyl (C=O) groups excluding carboxylic acids is 1. The standard InChI is InChI=1S/C14H20N2O2/c1-3-18-14(17)16-10-6-8-12(15-2)11-7-4-5-9-13(11)16/h4-5,7,9,12,15H,3,6,8,10H2,1-2H3. The zero-order chi connectivity index (χ0) is 13.0. The summed E-state index contributed by atoms with van der Waals surface area (Å²) < 4.78 is 5.13. The van der Waals surface area contributed by atoms with E-state index < -0.39 is 0 Å². The minimum atomic E-state index is -0.248. The molecule has 2 rings (SSSR count). The van der Waals surface area contributed by atoms with Crippen LogP contribution in [0.25, 0.3) is 0 Å². The van der Waals surface area contributed by atoms with Crippen LogP contribution in [-0.4, -0.2) is 26.3 Å². The van der Waals surface area contributed by atoms with Crippen molar-refractivity contribution in [1.82, 2.24) is 5.32 Å². The van der Waals surface area contributed by atoms with Crippen molar-refractivity contribution < 1.29 is 9.53 Å². The number of fused-ring (bicyclic) bond motifs is 1. The molecule has 0 aliphatic carbocycles. The molecule has 1 heterocycles. The molecule has 4 nitrogen and oxygen atoms in total. The highest BCUT2D eigenvalue weighted by molar-refractivity contribution is 5.89. The quantitative estimate of drug-likeness (QED) is 0.875. The molecular weight excluding hydrogens is 228 g/mol. The summed E-state index contributed by atoms with van der Waals surface area (Å²) in [4.78, 5) is 13.7. The van der Waals surface area contributed by atoms with Gasteiger partial charge in [-0.05, 0) is 38.4 Å². The molecule has 1 atom stereocenters. The highest BCUT2D eigenvalue weighted by Crippen LogP contribution is 2.32. The number of carbonyl (C=O) groups is 1. The maximum absolute atomic E-state index is 12.0. The van der Waals surface area contributed by atoms with E-state index in [4.69, 9.17) is 4.74 Å². The van der Waals surface area contributed by atoms with Crippen LogP contribution in [0.4, 0.5) is 10.5 Å². The number of nitrogens with one attached hydrogen (secondary N) is 1. The molecule has 0 aromatic heterocycles. The monoisotopic (exact) mass is 248 g/mol. The number of amides is 1.